The molecule has 1 aromatic rings. The lowest BCUT2D eigenvalue weighted by molar-refractivity contribution is 0.544. The Labute approximate surface area is 78.0 Å². The van der Waals surface area contributed by atoms with Crippen molar-refractivity contribution in [1.82, 2.24) is 4.90 Å². The predicted molar refractivity (Wildman–Crippen MR) is 54.1 cm³/mol. The van der Waals surface area contributed by atoms with Gasteiger partial charge in [0.05, 0.1) is 6.54 Å². The van der Waals surface area contributed by atoms with Crippen LogP contribution in [-0.4, -0.2) is 10.9 Å². The van der Waals surface area contributed by atoms with Gasteiger partial charge in [-0.1, -0.05) is 36.9 Å². The molecule has 3 nitrogen and oxygen atoms in total. The second-order valence-corrected chi connectivity index (χ2v) is 2.68. The summed E-state index contributed by atoms with van der Waals surface area (Å²) < 4.78 is 0. The molecule has 3 heteroatoms. The molecule has 0 aliphatic heterocycles. The lowest BCUT2D eigenvalue weighted by atomic mass is 10.2. The third-order valence-electron chi connectivity index (χ3n) is 1.73. The molecule has 1 rings (SSSR count). The van der Waals surface area contributed by atoms with Gasteiger partial charge in [-0.25, -0.2) is 0 Å². The number of benzene rings is 1. The highest BCUT2D eigenvalue weighted by atomic mass is 15.2. The van der Waals surface area contributed by atoms with Gasteiger partial charge in [-0.15, -0.1) is 0 Å². The normalized spacial score (nSPS) is 9.23. The van der Waals surface area contributed by atoms with Gasteiger partial charge in [0, 0.05) is 6.20 Å². The van der Waals surface area contributed by atoms with Gasteiger partial charge < -0.3 is 10.6 Å². The highest BCUT2D eigenvalue weighted by molar-refractivity contribution is 5.75. The smallest absolute Gasteiger partial charge is 0.192 e. The molecule has 3 N–H and O–H groups in total. The number of guanidine groups is 1. The van der Waals surface area contributed by atoms with Crippen LogP contribution in [0.5, 0.6) is 0 Å². The third kappa shape index (κ3) is 2.63. The third-order valence-corrected chi connectivity index (χ3v) is 1.73. The van der Waals surface area contributed by atoms with Crippen LogP contribution >= 0.6 is 0 Å². The fourth-order valence-corrected chi connectivity index (χ4v) is 1.03. The molecule has 0 radical (unpaired) electrons. The molecular formula is C10H13N3. The first kappa shape index (κ1) is 9.32. The minimum atomic E-state index is 0.0128. The van der Waals surface area contributed by atoms with Crippen molar-refractivity contribution in [2.24, 2.45) is 5.73 Å². The molecule has 0 aliphatic carbocycles. The molecule has 68 valence electrons. The monoisotopic (exact) mass is 175 g/mol. The molecule has 0 unspecified atom stereocenters. The lowest BCUT2D eigenvalue weighted by Gasteiger charge is -2.17. The Hall–Kier alpha value is -1.77. The summed E-state index contributed by atoms with van der Waals surface area (Å²) in [6.07, 6.45) is 1.55. The predicted octanol–water partition coefficient (Wildman–Crippen LogP) is 1.53. The maximum absolute atomic E-state index is 7.23. The fourth-order valence-electron chi connectivity index (χ4n) is 1.03. The first-order valence-corrected chi connectivity index (χ1v) is 4.01. The summed E-state index contributed by atoms with van der Waals surface area (Å²) >= 11 is 0. The Morgan fingerprint density at radius 3 is 2.54 bits per heavy atom. The molecule has 0 bridgehead atoms. The Bertz CT molecular complexity index is 292. The maximum Gasteiger partial charge on any atom is 0.192 e. The van der Waals surface area contributed by atoms with E-state index in [1.807, 2.05) is 30.3 Å². The van der Waals surface area contributed by atoms with Crippen LogP contribution in [0.1, 0.15) is 5.56 Å². The SMILES string of the molecule is C=CN(Cc1ccccc1)C(=N)N. The molecule has 0 spiro atoms. The van der Waals surface area contributed by atoms with E-state index in [0.717, 1.165) is 5.56 Å². The summed E-state index contributed by atoms with van der Waals surface area (Å²) in [7, 11) is 0. The standard InChI is InChI=1S/C10H13N3/c1-2-13(10(11)12)8-9-6-4-3-5-7-9/h2-7H,1,8H2,(H3,11,12). The van der Waals surface area contributed by atoms with Crippen molar-refractivity contribution in [3.8, 4) is 0 Å². The van der Waals surface area contributed by atoms with E-state index in [0.29, 0.717) is 6.54 Å². The molecule has 13 heavy (non-hydrogen) atoms. The maximum atomic E-state index is 7.23. The van der Waals surface area contributed by atoms with Gasteiger partial charge in [-0.3, -0.25) is 5.41 Å². The van der Waals surface area contributed by atoms with Gasteiger partial charge in [-0.05, 0) is 5.56 Å². The van der Waals surface area contributed by atoms with E-state index in [1.165, 1.54) is 0 Å². The van der Waals surface area contributed by atoms with Crippen molar-refractivity contribution in [2.75, 3.05) is 0 Å². The number of nitrogens with two attached hydrogens (primary N) is 1. The molecular weight excluding hydrogens is 162 g/mol. The summed E-state index contributed by atoms with van der Waals surface area (Å²) in [5.41, 5.74) is 6.44. The topological polar surface area (TPSA) is 53.1 Å². The first-order chi connectivity index (χ1) is 6.24. The second kappa shape index (κ2) is 4.30. The number of rotatable bonds is 3. The van der Waals surface area contributed by atoms with Crippen molar-refractivity contribution in [3.05, 3.63) is 48.7 Å². The zero-order chi connectivity index (χ0) is 9.68. The van der Waals surface area contributed by atoms with E-state index in [9.17, 15) is 0 Å². The van der Waals surface area contributed by atoms with Crippen LogP contribution in [0, 0.1) is 5.41 Å². The molecule has 0 heterocycles. The highest BCUT2D eigenvalue weighted by Gasteiger charge is 2.01. The molecule has 0 aromatic heterocycles. The van der Waals surface area contributed by atoms with E-state index in [1.54, 1.807) is 11.1 Å². The van der Waals surface area contributed by atoms with E-state index >= 15 is 0 Å². The van der Waals surface area contributed by atoms with Crippen LogP contribution in [0.25, 0.3) is 0 Å². The number of hydrogen-bond acceptors (Lipinski definition) is 1. The van der Waals surface area contributed by atoms with Crippen LogP contribution in [0.4, 0.5) is 0 Å². The molecule has 0 fully saturated rings. The van der Waals surface area contributed by atoms with Gasteiger partial charge in [0.15, 0.2) is 5.96 Å². The van der Waals surface area contributed by atoms with Crippen molar-refractivity contribution in [3.63, 3.8) is 0 Å². The summed E-state index contributed by atoms with van der Waals surface area (Å²) in [5.74, 6) is 0.0128. The van der Waals surface area contributed by atoms with E-state index < -0.39 is 0 Å². The summed E-state index contributed by atoms with van der Waals surface area (Å²) in [6, 6.07) is 9.84. The fraction of sp³-hybridized carbons (Fsp3) is 0.100. The van der Waals surface area contributed by atoms with Crippen molar-refractivity contribution < 1.29 is 0 Å². The molecule has 0 saturated carbocycles. The molecule has 1 aromatic carbocycles. The van der Waals surface area contributed by atoms with Crippen molar-refractivity contribution in [1.29, 1.82) is 5.41 Å². The molecule has 0 atom stereocenters. The van der Waals surface area contributed by atoms with Gasteiger partial charge in [0.25, 0.3) is 0 Å². The van der Waals surface area contributed by atoms with E-state index in [4.69, 9.17) is 11.1 Å². The zero-order valence-electron chi connectivity index (χ0n) is 7.40. The second-order valence-electron chi connectivity index (χ2n) is 2.68. The summed E-state index contributed by atoms with van der Waals surface area (Å²) in [4.78, 5) is 1.58. The Balaban J connectivity index is 2.67. The van der Waals surface area contributed by atoms with Crippen LogP contribution < -0.4 is 5.73 Å². The van der Waals surface area contributed by atoms with Crippen molar-refractivity contribution in [2.45, 2.75) is 6.54 Å². The number of hydrogen-bond donors (Lipinski definition) is 2. The van der Waals surface area contributed by atoms with Crippen molar-refractivity contribution >= 4 is 5.96 Å². The Kier molecular flexibility index (Phi) is 3.09. The zero-order valence-corrected chi connectivity index (χ0v) is 7.40. The molecule has 0 aliphatic rings. The van der Waals surface area contributed by atoms with Gasteiger partial charge in [-0.2, -0.15) is 0 Å². The summed E-state index contributed by atoms with van der Waals surface area (Å²) in [6.45, 7) is 4.18. The van der Waals surface area contributed by atoms with Gasteiger partial charge in [0.1, 0.15) is 0 Å². The van der Waals surface area contributed by atoms with Crippen LogP contribution in [-0.2, 0) is 6.54 Å². The van der Waals surface area contributed by atoms with Gasteiger partial charge >= 0.3 is 0 Å². The average molecular weight is 175 g/mol. The van der Waals surface area contributed by atoms with Crippen LogP contribution in [0.3, 0.4) is 0 Å². The largest absolute Gasteiger partial charge is 0.370 e. The highest BCUT2D eigenvalue weighted by Crippen LogP contribution is 2.03. The minimum Gasteiger partial charge on any atom is -0.370 e. The molecule has 0 saturated heterocycles. The Morgan fingerprint density at radius 2 is 2.08 bits per heavy atom. The first-order valence-electron chi connectivity index (χ1n) is 4.01. The van der Waals surface area contributed by atoms with Gasteiger partial charge in [0.2, 0.25) is 0 Å². The Morgan fingerprint density at radius 1 is 1.46 bits per heavy atom. The van der Waals surface area contributed by atoms with E-state index in [-0.39, 0.29) is 5.96 Å². The lowest BCUT2D eigenvalue weighted by Crippen LogP contribution is -2.31. The number of nitrogens with one attached hydrogen (secondary N) is 1. The van der Waals surface area contributed by atoms with Crippen LogP contribution in [0.15, 0.2) is 43.1 Å². The van der Waals surface area contributed by atoms with Crippen LogP contribution in [0.2, 0.25) is 0 Å². The average Bonchev–Trinajstić information content (AvgIpc) is 2.15. The summed E-state index contributed by atoms with van der Waals surface area (Å²) in [5, 5.41) is 7.23. The number of nitrogens with zero attached hydrogens (tertiary/aromatic N) is 1. The minimum absolute atomic E-state index is 0.0128. The molecule has 0 amide bonds. The quantitative estimate of drug-likeness (QED) is 0.540. The van der Waals surface area contributed by atoms with E-state index in [2.05, 4.69) is 6.58 Å².